The number of benzene rings is 1. The Morgan fingerprint density at radius 3 is 2.38 bits per heavy atom. The first-order valence-electron chi connectivity index (χ1n) is 6.36. The van der Waals surface area contributed by atoms with Crippen LogP contribution in [0.15, 0.2) is 29.2 Å². The second-order valence-electron chi connectivity index (χ2n) is 5.61. The van der Waals surface area contributed by atoms with Gasteiger partial charge in [0, 0.05) is 5.56 Å². The molecule has 21 heavy (non-hydrogen) atoms. The molecule has 1 atom stereocenters. The molecule has 0 aliphatic rings. The molecule has 0 heterocycles. The quantitative estimate of drug-likeness (QED) is 0.665. The third-order valence-corrected chi connectivity index (χ3v) is 3.47. The molecule has 6 heteroatoms. The van der Waals surface area contributed by atoms with Gasteiger partial charge in [0.2, 0.25) is 10.0 Å². The number of carbonyl (C=O) groups is 1. The van der Waals surface area contributed by atoms with Crippen molar-refractivity contribution >= 4 is 16.0 Å². The summed E-state index contributed by atoms with van der Waals surface area (Å²) in [4.78, 5) is 11.7. The van der Waals surface area contributed by atoms with Crippen LogP contribution in [0.1, 0.15) is 33.3 Å². The van der Waals surface area contributed by atoms with E-state index < -0.39 is 21.5 Å². The predicted octanol–water partition coefficient (Wildman–Crippen LogP) is 1.66. The fourth-order valence-electron chi connectivity index (χ4n) is 1.36. The monoisotopic (exact) mass is 309 g/mol. The average molecular weight is 309 g/mol. The van der Waals surface area contributed by atoms with Crippen LogP contribution in [0.5, 0.6) is 0 Å². The Balaban J connectivity index is 2.97. The average Bonchev–Trinajstić information content (AvgIpc) is 2.34. The summed E-state index contributed by atoms with van der Waals surface area (Å²) in [6.07, 6.45) is -0.648. The van der Waals surface area contributed by atoms with Crippen molar-refractivity contribution < 1.29 is 17.9 Å². The molecule has 0 aromatic heterocycles. The molecule has 0 bridgehead atoms. The highest BCUT2D eigenvalue weighted by molar-refractivity contribution is 7.89. The number of hydrogen-bond acceptors (Lipinski definition) is 4. The molecule has 0 amide bonds. The van der Waals surface area contributed by atoms with Crippen LogP contribution in [0, 0.1) is 17.3 Å². The molecule has 1 rings (SSSR count). The van der Waals surface area contributed by atoms with Gasteiger partial charge in [-0.2, -0.15) is 0 Å². The van der Waals surface area contributed by atoms with Crippen molar-refractivity contribution in [2.45, 2.75) is 38.7 Å². The van der Waals surface area contributed by atoms with Crippen molar-refractivity contribution in [3.63, 3.8) is 0 Å². The Labute approximate surface area is 125 Å². The molecule has 0 spiro atoms. The van der Waals surface area contributed by atoms with E-state index in [9.17, 15) is 13.2 Å². The van der Waals surface area contributed by atoms with Gasteiger partial charge in [0.1, 0.15) is 0 Å². The first kappa shape index (κ1) is 17.2. The Morgan fingerprint density at radius 2 is 1.86 bits per heavy atom. The molecule has 0 saturated carbocycles. The Bertz CT molecular complexity index is 690. The first-order chi connectivity index (χ1) is 9.51. The lowest BCUT2D eigenvalue weighted by Crippen LogP contribution is -2.26. The number of carbonyl (C=O) groups excluding carboxylic acids is 1. The van der Waals surface area contributed by atoms with Gasteiger partial charge in [0.05, 0.1) is 10.3 Å². The van der Waals surface area contributed by atoms with E-state index >= 15 is 0 Å². The summed E-state index contributed by atoms with van der Waals surface area (Å²) in [5, 5.41) is 5.12. The number of rotatable bonds is 2. The second-order valence-corrected chi connectivity index (χ2v) is 7.14. The van der Waals surface area contributed by atoms with Crippen LogP contribution < -0.4 is 5.14 Å². The molecular weight excluding hydrogens is 290 g/mol. The van der Waals surface area contributed by atoms with Crippen molar-refractivity contribution in [1.29, 1.82) is 0 Å². The van der Waals surface area contributed by atoms with Crippen LogP contribution in [0.4, 0.5) is 0 Å². The molecule has 1 aromatic carbocycles. The van der Waals surface area contributed by atoms with Crippen LogP contribution in [0.3, 0.4) is 0 Å². The summed E-state index contributed by atoms with van der Waals surface area (Å²) in [7, 11) is -3.84. The van der Waals surface area contributed by atoms with E-state index in [1.165, 1.54) is 6.07 Å². The van der Waals surface area contributed by atoms with E-state index in [1.807, 2.05) is 0 Å². The molecule has 1 aromatic rings. The van der Waals surface area contributed by atoms with E-state index in [-0.39, 0.29) is 16.4 Å². The zero-order chi connectivity index (χ0) is 16.3. The van der Waals surface area contributed by atoms with Gasteiger partial charge in [-0.1, -0.05) is 24.0 Å². The maximum Gasteiger partial charge on any atom is 0.312 e. The molecule has 0 aliphatic carbocycles. The fraction of sp³-hybridized carbons (Fsp3) is 0.400. The highest BCUT2D eigenvalue weighted by Crippen LogP contribution is 2.16. The predicted molar refractivity (Wildman–Crippen MR) is 79.7 cm³/mol. The minimum absolute atomic E-state index is 0.0492. The van der Waals surface area contributed by atoms with Gasteiger partial charge in [0.15, 0.2) is 6.10 Å². The van der Waals surface area contributed by atoms with Crippen molar-refractivity contribution in [2.75, 3.05) is 0 Å². The lowest BCUT2D eigenvalue weighted by molar-refractivity contribution is -0.155. The molecule has 0 radical (unpaired) electrons. The molecule has 1 unspecified atom stereocenters. The van der Waals surface area contributed by atoms with Crippen LogP contribution in [-0.2, 0) is 19.6 Å². The maximum atomic E-state index is 11.7. The summed E-state index contributed by atoms with van der Waals surface area (Å²) in [6.45, 7) is 6.85. The van der Waals surface area contributed by atoms with E-state index in [4.69, 9.17) is 9.88 Å². The van der Waals surface area contributed by atoms with Gasteiger partial charge in [-0.05, 0) is 39.8 Å². The SMILES string of the molecule is CC(C#Cc1ccccc1S(N)(=O)=O)OC(=O)C(C)(C)C. The second kappa shape index (κ2) is 6.29. The van der Waals surface area contributed by atoms with Crippen molar-refractivity contribution in [2.24, 2.45) is 10.6 Å². The van der Waals surface area contributed by atoms with E-state index in [0.717, 1.165) is 0 Å². The zero-order valence-electron chi connectivity index (χ0n) is 12.5. The fourth-order valence-corrected chi connectivity index (χ4v) is 2.06. The summed E-state index contributed by atoms with van der Waals surface area (Å²) in [5.41, 5.74) is -0.340. The van der Waals surface area contributed by atoms with Crippen molar-refractivity contribution in [3.8, 4) is 11.8 Å². The molecule has 0 fully saturated rings. The van der Waals surface area contributed by atoms with Gasteiger partial charge in [-0.25, -0.2) is 13.6 Å². The highest BCUT2D eigenvalue weighted by atomic mass is 32.2. The number of esters is 1. The standard InChI is InChI=1S/C15H19NO4S/c1-11(20-14(17)15(2,3)4)9-10-12-7-5-6-8-13(12)21(16,18)19/h5-8,11H,1-4H3,(H2,16,18,19). The highest BCUT2D eigenvalue weighted by Gasteiger charge is 2.24. The lowest BCUT2D eigenvalue weighted by Gasteiger charge is -2.18. The summed E-state index contributed by atoms with van der Waals surface area (Å²) >= 11 is 0. The van der Waals surface area contributed by atoms with Crippen LogP contribution in [0.25, 0.3) is 0 Å². The zero-order valence-corrected chi connectivity index (χ0v) is 13.3. The van der Waals surface area contributed by atoms with Gasteiger partial charge in [0.25, 0.3) is 0 Å². The third kappa shape index (κ3) is 5.21. The summed E-state index contributed by atoms with van der Waals surface area (Å²) < 4.78 is 28.0. The molecule has 5 nitrogen and oxygen atoms in total. The lowest BCUT2D eigenvalue weighted by atomic mass is 9.97. The normalized spacial score (nSPS) is 13.0. The molecular formula is C15H19NO4S. The minimum atomic E-state index is -3.84. The van der Waals surface area contributed by atoms with Crippen LogP contribution in [0.2, 0.25) is 0 Å². The summed E-state index contributed by atoms with van der Waals surface area (Å²) in [6, 6.07) is 6.15. The van der Waals surface area contributed by atoms with Crippen LogP contribution >= 0.6 is 0 Å². The van der Waals surface area contributed by atoms with E-state index in [2.05, 4.69) is 11.8 Å². The Hall–Kier alpha value is -1.84. The van der Waals surface area contributed by atoms with Gasteiger partial charge in [-0.3, -0.25) is 4.79 Å². The number of nitrogens with two attached hydrogens (primary N) is 1. The Morgan fingerprint density at radius 1 is 1.29 bits per heavy atom. The molecule has 0 aliphatic heterocycles. The van der Waals surface area contributed by atoms with Gasteiger partial charge in [-0.15, -0.1) is 0 Å². The number of ether oxygens (including phenoxy) is 1. The largest absolute Gasteiger partial charge is 0.449 e. The molecule has 114 valence electrons. The van der Waals surface area contributed by atoms with E-state index in [1.54, 1.807) is 45.9 Å². The first-order valence-corrected chi connectivity index (χ1v) is 7.91. The number of primary sulfonamides is 1. The van der Waals surface area contributed by atoms with Crippen molar-refractivity contribution in [3.05, 3.63) is 29.8 Å². The topological polar surface area (TPSA) is 86.5 Å². The van der Waals surface area contributed by atoms with Crippen molar-refractivity contribution in [1.82, 2.24) is 0 Å². The number of sulfonamides is 1. The maximum absolute atomic E-state index is 11.7. The van der Waals surface area contributed by atoms with Gasteiger partial charge < -0.3 is 4.74 Å². The molecule has 2 N–H and O–H groups in total. The molecule has 0 saturated heterocycles. The number of hydrogen-bond donors (Lipinski definition) is 1. The summed E-state index contributed by atoms with van der Waals surface area (Å²) in [5.74, 6) is 5.02. The van der Waals surface area contributed by atoms with Crippen LogP contribution in [-0.4, -0.2) is 20.5 Å². The minimum Gasteiger partial charge on any atom is -0.449 e. The van der Waals surface area contributed by atoms with Gasteiger partial charge >= 0.3 is 5.97 Å². The third-order valence-electron chi connectivity index (χ3n) is 2.50. The smallest absolute Gasteiger partial charge is 0.312 e. The van der Waals surface area contributed by atoms with E-state index in [0.29, 0.717) is 0 Å². The Kier molecular flexibility index (Phi) is 5.15.